The molecule has 0 aliphatic heterocycles. The van der Waals surface area contributed by atoms with Gasteiger partial charge in [0.2, 0.25) is 0 Å². The zero-order valence-electron chi connectivity index (χ0n) is 12.2. The highest BCUT2D eigenvalue weighted by molar-refractivity contribution is 6.42. The van der Waals surface area contributed by atoms with Crippen LogP contribution in [0, 0.1) is 0 Å². The summed E-state index contributed by atoms with van der Waals surface area (Å²) in [5.41, 5.74) is 8.45. The van der Waals surface area contributed by atoms with Crippen molar-refractivity contribution < 1.29 is 0 Å². The van der Waals surface area contributed by atoms with Crippen molar-refractivity contribution >= 4 is 40.1 Å². The van der Waals surface area contributed by atoms with Crippen LogP contribution in [0.15, 0.2) is 24.5 Å². The molecule has 0 unspecified atom stereocenters. The number of nitrogens with two attached hydrogens (primary N) is 1. The number of benzene rings is 1. The zero-order valence-corrected chi connectivity index (χ0v) is 13.7. The van der Waals surface area contributed by atoms with Crippen molar-refractivity contribution in [3.05, 3.63) is 45.8 Å². The molecule has 1 aromatic carbocycles. The Balaban J connectivity index is 2.17. The molecule has 2 N–H and O–H groups in total. The van der Waals surface area contributed by atoms with Crippen LogP contribution in [0.5, 0.6) is 0 Å². The minimum absolute atomic E-state index is 0.167. The molecule has 3 aromatic rings. The van der Waals surface area contributed by atoms with Gasteiger partial charge in [-0.3, -0.25) is 0 Å². The summed E-state index contributed by atoms with van der Waals surface area (Å²) in [6.45, 7) is 4.09. The number of nitrogen functional groups attached to an aromatic ring is 1. The standard InChI is InChI=1S/C15H15Cl2N5/c1-8(2)22-15-12(14(18)19-7-20-15)11(21-22)6-9-4-3-5-10(16)13(9)17/h3-5,7-8H,6H2,1-2H3,(H2,18,19,20). The fraction of sp³-hybridized carbons (Fsp3) is 0.267. The lowest BCUT2D eigenvalue weighted by Crippen LogP contribution is -2.04. The van der Waals surface area contributed by atoms with E-state index in [0.29, 0.717) is 22.3 Å². The summed E-state index contributed by atoms with van der Waals surface area (Å²) in [4.78, 5) is 8.39. The maximum atomic E-state index is 6.27. The molecule has 0 spiro atoms. The Bertz CT molecular complexity index is 841. The highest BCUT2D eigenvalue weighted by atomic mass is 35.5. The van der Waals surface area contributed by atoms with Crippen molar-refractivity contribution in [2.75, 3.05) is 5.73 Å². The van der Waals surface area contributed by atoms with E-state index in [-0.39, 0.29) is 6.04 Å². The lowest BCUT2D eigenvalue weighted by molar-refractivity contribution is 0.541. The molecule has 0 bridgehead atoms. The number of nitrogens with zero attached hydrogens (tertiary/aromatic N) is 4. The van der Waals surface area contributed by atoms with E-state index in [1.165, 1.54) is 6.33 Å². The van der Waals surface area contributed by atoms with E-state index in [9.17, 15) is 0 Å². The Morgan fingerprint density at radius 3 is 2.73 bits per heavy atom. The first kappa shape index (κ1) is 15.1. The molecule has 0 fully saturated rings. The molecule has 3 rings (SSSR count). The Morgan fingerprint density at radius 1 is 1.23 bits per heavy atom. The van der Waals surface area contributed by atoms with Gasteiger partial charge in [-0.1, -0.05) is 35.3 Å². The van der Waals surface area contributed by atoms with Crippen LogP contribution in [0.3, 0.4) is 0 Å². The zero-order chi connectivity index (χ0) is 15.9. The Hall–Kier alpha value is -1.85. The van der Waals surface area contributed by atoms with Crippen LogP contribution >= 0.6 is 23.2 Å². The lowest BCUT2D eigenvalue weighted by Gasteiger charge is -2.05. The van der Waals surface area contributed by atoms with Crippen LogP contribution in [-0.4, -0.2) is 19.7 Å². The molecule has 2 heterocycles. The van der Waals surface area contributed by atoms with Gasteiger partial charge in [0.1, 0.15) is 12.1 Å². The fourth-order valence-corrected chi connectivity index (χ4v) is 2.80. The second-order valence-corrected chi connectivity index (χ2v) is 6.12. The van der Waals surface area contributed by atoms with E-state index in [0.717, 1.165) is 22.3 Å². The van der Waals surface area contributed by atoms with Crippen LogP contribution in [0.2, 0.25) is 10.0 Å². The topological polar surface area (TPSA) is 69.6 Å². The number of hydrogen-bond donors (Lipinski definition) is 1. The van der Waals surface area contributed by atoms with Gasteiger partial charge in [0, 0.05) is 12.5 Å². The van der Waals surface area contributed by atoms with Crippen molar-refractivity contribution in [3.8, 4) is 0 Å². The third kappa shape index (κ3) is 2.51. The van der Waals surface area contributed by atoms with Crippen LogP contribution < -0.4 is 5.73 Å². The molecule has 0 aliphatic carbocycles. The maximum absolute atomic E-state index is 6.27. The van der Waals surface area contributed by atoms with Gasteiger partial charge in [-0.15, -0.1) is 0 Å². The molecule has 0 aliphatic rings. The Labute approximate surface area is 138 Å². The molecule has 0 saturated carbocycles. The largest absolute Gasteiger partial charge is 0.383 e. The van der Waals surface area contributed by atoms with E-state index < -0.39 is 0 Å². The minimum atomic E-state index is 0.167. The smallest absolute Gasteiger partial charge is 0.163 e. The summed E-state index contributed by atoms with van der Waals surface area (Å²) < 4.78 is 1.85. The molecule has 114 valence electrons. The summed E-state index contributed by atoms with van der Waals surface area (Å²) >= 11 is 12.4. The molecule has 7 heteroatoms. The maximum Gasteiger partial charge on any atom is 0.163 e. The molecule has 0 radical (unpaired) electrons. The van der Waals surface area contributed by atoms with Gasteiger partial charge in [0.25, 0.3) is 0 Å². The third-order valence-corrected chi connectivity index (χ3v) is 4.33. The van der Waals surface area contributed by atoms with Crippen molar-refractivity contribution in [2.24, 2.45) is 0 Å². The number of fused-ring (bicyclic) bond motifs is 1. The first-order valence-corrected chi connectivity index (χ1v) is 7.65. The molecule has 0 atom stereocenters. The molecule has 5 nitrogen and oxygen atoms in total. The molecule has 2 aromatic heterocycles. The van der Waals surface area contributed by atoms with Crippen molar-refractivity contribution in [2.45, 2.75) is 26.3 Å². The van der Waals surface area contributed by atoms with Gasteiger partial charge in [-0.05, 0) is 25.5 Å². The number of halogens is 2. The fourth-order valence-electron chi connectivity index (χ4n) is 2.42. The van der Waals surface area contributed by atoms with Gasteiger partial charge in [-0.25, -0.2) is 14.6 Å². The second-order valence-electron chi connectivity index (χ2n) is 5.33. The normalized spacial score (nSPS) is 11.5. The van der Waals surface area contributed by atoms with Crippen LogP contribution in [-0.2, 0) is 6.42 Å². The monoisotopic (exact) mass is 335 g/mol. The summed E-state index contributed by atoms with van der Waals surface area (Å²) in [7, 11) is 0. The van der Waals surface area contributed by atoms with Gasteiger partial charge in [-0.2, -0.15) is 5.10 Å². The highest BCUT2D eigenvalue weighted by Crippen LogP contribution is 2.30. The van der Waals surface area contributed by atoms with Crippen LogP contribution in [0.1, 0.15) is 31.1 Å². The van der Waals surface area contributed by atoms with E-state index in [1.807, 2.05) is 30.7 Å². The first-order valence-electron chi connectivity index (χ1n) is 6.89. The average Bonchev–Trinajstić information content (AvgIpc) is 2.84. The Morgan fingerprint density at radius 2 is 2.00 bits per heavy atom. The van der Waals surface area contributed by atoms with Crippen molar-refractivity contribution in [1.29, 1.82) is 0 Å². The third-order valence-electron chi connectivity index (χ3n) is 3.47. The summed E-state index contributed by atoms with van der Waals surface area (Å²) in [6.07, 6.45) is 1.97. The Kier molecular flexibility index (Phi) is 3.93. The molecular formula is C15H15Cl2N5. The van der Waals surface area contributed by atoms with Crippen LogP contribution in [0.4, 0.5) is 5.82 Å². The SMILES string of the molecule is CC(C)n1nc(Cc2cccc(Cl)c2Cl)c2c(N)ncnc21. The summed E-state index contributed by atoms with van der Waals surface area (Å²) in [5.74, 6) is 0.421. The number of anilines is 1. The minimum Gasteiger partial charge on any atom is -0.383 e. The highest BCUT2D eigenvalue weighted by Gasteiger charge is 2.18. The predicted octanol–water partition coefficient (Wildman–Crippen LogP) is 3.89. The van der Waals surface area contributed by atoms with E-state index >= 15 is 0 Å². The van der Waals surface area contributed by atoms with Gasteiger partial charge in [0.05, 0.1) is 21.1 Å². The van der Waals surface area contributed by atoms with E-state index in [1.54, 1.807) is 6.07 Å². The van der Waals surface area contributed by atoms with Crippen molar-refractivity contribution in [1.82, 2.24) is 19.7 Å². The van der Waals surface area contributed by atoms with Crippen LogP contribution in [0.25, 0.3) is 11.0 Å². The average molecular weight is 336 g/mol. The lowest BCUT2D eigenvalue weighted by atomic mass is 10.1. The van der Waals surface area contributed by atoms with Gasteiger partial charge < -0.3 is 5.73 Å². The summed E-state index contributed by atoms with van der Waals surface area (Å²) in [6, 6.07) is 5.72. The predicted molar refractivity (Wildman–Crippen MR) is 89.4 cm³/mol. The van der Waals surface area contributed by atoms with E-state index in [2.05, 4.69) is 15.1 Å². The van der Waals surface area contributed by atoms with Gasteiger partial charge in [0.15, 0.2) is 5.65 Å². The molecular weight excluding hydrogens is 321 g/mol. The molecule has 0 saturated heterocycles. The summed E-state index contributed by atoms with van der Waals surface area (Å²) in [5, 5.41) is 6.48. The number of hydrogen-bond acceptors (Lipinski definition) is 4. The van der Waals surface area contributed by atoms with Gasteiger partial charge >= 0.3 is 0 Å². The van der Waals surface area contributed by atoms with E-state index in [4.69, 9.17) is 28.9 Å². The van der Waals surface area contributed by atoms with Crippen molar-refractivity contribution in [3.63, 3.8) is 0 Å². The second kappa shape index (κ2) is 5.74. The molecule has 22 heavy (non-hydrogen) atoms. The quantitative estimate of drug-likeness (QED) is 0.788. The number of rotatable bonds is 3. The molecule has 0 amide bonds. The number of aromatic nitrogens is 4. The first-order chi connectivity index (χ1) is 10.5.